The molecule has 0 spiro atoms. The number of aromatic nitrogens is 2. The molecule has 21 heavy (non-hydrogen) atoms. The van der Waals surface area contributed by atoms with E-state index in [-0.39, 0.29) is 30.0 Å². The number of nitro groups is 1. The van der Waals surface area contributed by atoms with Crippen LogP contribution in [0.5, 0.6) is 0 Å². The molecule has 0 aliphatic heterocycles. The van der Waals surface area contributed by atoms with Crippen LogP contribution in [0.15, 0.2) is 0 Å². The van der Waals surface area contributed by atoms with Gasteiger partial charge in [0.2, 0.25) is 11.7 Å². The standard InChI is InChI=1S/C12H21N5O4/c1-8(2)16-12(11(17(19)20)9(3)15-16)14-7-10(18)13-5-6-21-4/h8,14H,5-7H2,1-4H3,(H,13,18). The highest BCUT2D eigenvalue weighted by Crippen LogP contribution is 2.30. The summed E-state index contributed by atoms with van der Waals surface area (Å²) in [5.74, 6) is -0.0232. The van der Waals surface area contributed by atoms with Gasteiger partial charge in [-0.15, -0.1) is 0 Å². The summed E-state index contributed by atoms with van der Waals surface area (Å²) < 4.78 is 6.33. The van der Waals surface area contributed by atoms with Crippen LogP contribution in [0.4, 0.5) is 11.5 Å². The number of methoxy groups -OCH3 is 1. The van der Waals surface area contributed by atoms with E-state index in [0.29, 0.717) is 18.8 Å². The molecule has 1 aromatic heterocycles. The van der Waals surface area contributed by atoms with E-state index in [1.807, 2.05) is 13.8 Å². The summed E-state index contributed by atoms with van der Waals surface area (Å²) in [6, 6.07) is -0.0588. The molecule has 118 valence electrons. The largest absolute Gasteiger partial charge is 0.383 e. The second kappa shape index (κ2) is 7.58. The first-order valence-electron chi connectivity index (χ1n) is 6.61. The molecule has 0 radical (unpaired) electrons. The number of amides is 1. The van der Waals surface area contributed by atoms with Gasteiger partial charge in [0, 0.05) is 19.7 Å². The summed E-state index contributed by atoms with van der Waals surface area (Å²) in [4.78, 5) is 22.3. The Morgan fingerprint density at radius 1 is 1.52 bits per heavy atom. The van der Waals surface area contributed by atoms with Crippen molar-refractivity contribution in [2.24, 2.45) is 0 Å². The third kappa shape index (κ3) is 4.42. The van der Waals surface area contributed by atoms with Crippen molar-refractivity contribution in [3.05, 3.63) is 15.8 Å². The number of anilines is 1. The molecule has 1 aromatic rings. The van der Waals surface area contributed by atoms with Crippen LogP contribution in [0.1, 0.15) is 25.6 Å². The van der Waals surface area contributed by atoms with Gasteiger partial charge < -0.3 is 15.4 Å². The van der Waals surface area contributed by atoms with E-state index < -0.39 is 4.92 Å². The number of aryl methyl sites for hydroxylation is 1. The van der Waals surface area contributed by atoms with Crippen molar-refractivity contribution in [2.75, 3.05) is 32.1 Å². The Bertz CT molecular complexity index is 512. The van der Waals surface area contributed by atoms with Crippen LogP contribution in [0, 0.1) is 17.0 Å². The van der Waals surface area contributed by atoms with Gasteiger partial charge in [0.25, 0.3) is 0 Å². The maximum absolute atomic E-state index is 11.6. The van der Waals surface area contributed by atoms with Crippen LogP contribution in [-0.4, -0.2) is 47.4 Å². The number of nitrogens with one attached hydrogen (secondary N) is 2. The van der Waals surface area contributed by atoms with E-state index in [9.17, 15) is 14.9 Å². The zero-order valence-electron chi connectivity index (χ0n) is 12.7. The smallest absolute Gasteiger partial charge is 0.333 e. The second-order valence-electron chi connectivity index (χ2n) is 4.77. The van der Waals surface area contributed by atoms with Crippen molar-refractivity contribution >= 4 is 17.4 Å². The molecule has 0 aliphatic rings. The predicted octanol–water partition coefficient (Wildman–Crippen LogP) is 0.855. The molecule has 1 heterocycles. The van der Waals surface area contributed by atoms with Crippen molar-refractivity contribution in [3.63, 3.8) is 0 Å². The Hall–Kier alpha value is -2.16. The lowest BCUT2D eigenvalue weighted by molar-refractivity contribution is -0.384. The first-order chi connectivity index (χ1) is 9.88. The number of hydrogen-bond donors (Lipinski definition) is 2. The molecule has 0 aliphatic carbocycles. The third-order valence-corrected chi connectivity index (χ3v) is 2.77. The van der Waals surface area contributed by atoms with E-state index in [2.05, 4.69) is 15.7 Å². The fourth-order valence-electron chi connectivity index (χ4n) is 1.81. The van der Waals surface area contributed by atoms with E-state index >= 15 is 0 Å². The molecule has 0 bridgehead atoms. The summed E-state index contributed by atoms with van der Waals surface area (Å²) in [6.07, 6.45) is 0. The molecule has 0 saturated heterocycles. The minimum absolute atomic E-state index is 0.0588. The summed E-state index contributed by atoms with van der Waals surface area (Å²) in [5, 5.41) is 20.7. The predicted molar refractivity (Wildman–Crippen MR) is 77.4 cm³/mol. The number of ether oxygens (including phenoxy) is 1. The average molecular weight is 299 g/mol. The Morgan fingerprint density at radius 3 is 2.71 bits per heavy atom. The average Bonchev–Trinajstić information content (AvgIpc) is 2.73. The van der Waals surface area contributed by atoms with E-state index in [1.54, 1.807) is 6.92 Å². The molecular formula is C12H21N5O4. The Kier molecular flexibility index (Phi) is 6.10. The molecule has 0 unspecified atom stereocenters. The van der Waals surface area contributed by atoms with E-state index in [4.69, 9.17) is 4.74 Å². The van der Waals surface area contributed by atoms with Gasteiger partial charge in [-0.3, -0.25) is 14.9 Å². The van der Waals surface area contributed by atoms with Gasteiger partial charge in [0.05, 0.1) is 18.1 Å². The summed E-state index contributed by atoms with van der Waals surface area (Å²) in [6.45, 7) is 6.03. The molecule has 1 rings (SSSR count). The van der Waals surface area contributed by atoms with Crippen LogP contribution in [0.2, 0.25) is 0 Å². The van der Waals surface area contributed by atoms with Crippen molar-refractivity contribution in [1.82, 2.24) is 15.1 Å². The van der Waals surface area contributed by atoms with Gasteiger partial charge in [-0.1, -0.05) is 0 Å². The van der Waals surface area contributed by atoms with Crippen LogP contribution in [0.25, 0.3) is 0 Å². The van der Waals surface area contributed by atoms with Crippen molar-refractivity contribution in [1.29, 1.82) is 0 Å². The highest BCUT2D eigenvalue weighted by molar-refractivity contribution is 5.81. The van der Waals surface area contributed by atoms with Crippen LogP contribution in [-0.2, 0) is 9.53 Å². The highest BCUT2D eigenvalue weighted by Gasteiger charge is 2.26. The number of hydrogen-bond acceptors (Lipinski definition) is 6. The zero-order chi connectivity index (χ0) is 16.0. The number of carbonyl (C=O) groups excluding carboxylic acids is 1. The minimum Gasteiger partial charge on any atom is -0.383 e. The number of carbonyl (C=O) groups is 1. The van der Waals surface area contributed by atoms with Crippen molar-refractivity contribution < 1.29 is 14.5 Å². The van der Waals surface area contributed by atoms with Crippen molar-refractivity contribution in [3.8, 4) is 0 Å². The van der Waals surface area contributed by atoms with Gasteiger partial charge in [-0.2, -0.15) is 5.10 Å². The molecule has 0 fully saturated rings. The lowest BCUT2D eigenvalue weighted by atomic mass is 10.3. The maximum atomic E-state index is 11.6. The Morgan fingerprint density at radius 2 is 2.19 bits per heavy atom. The highest BCUT2D eigenvalue weighted by atomic mass is 16.6. The summed E-state index contributed by atoms with van der Waals surface area (Å²) in [7, 11) is 1.54. The first-order valence-corrected chi connectivity index (χ1v) is 6.61. The second-order valence-corrected chi connectivity index (χ2v) is 4.77. The topological polar surface area (TPSA) is 111 Å². The molecular weight excluding hydrogens is 278 g/mol. The molecule has 0 atom stereocenters. The van der Waals surface area contributed by atoms with Gasteiger partial charge in [0.1, 0.15) is 5.69 Å². The summed E-state index contributed by atoms with van der Waals surface area (Å²) in [5.41, 5.74) is 0.212. The minimum atomic E-state index is -0.494. The van der Waals surface area contributed by atoms with Crippen molar-refractivity contribution in [2.45, 2.75) is 26.8 Å². The molecule has 2 N–H and O–H groups in total. The lowest BCUT2D eigenvalue weighted by Crippen LogP contribution is -2.32. The van der Waals surface area contributed by atoms with Crippen LogP contribution in [0.3, 0.4) is 0 Å². The first kappa shape index (κ1) is 16.9. The van der Waals surface area contributed by atoms with E-state index in [0.717, 1.165) is 0 Å². The summed E-state index contributed by atoms with van der Waals surface area (Å²) >= 11 is 0. The van der Waals surface area contributed by atoms with Gasteiger partial charge in [0.15, 0.2) is 0 Å². The molecule has 0 aromatic carbocycles. The molecule has 1 amide bonds. The molecule has 9 nitrogen and oxygen atoms in total. The SMILES string of the molecule is COCCNC(=O)CNc1c([N+](=O)[O-])c(C)nn1C(C)C. The quantitative estimate of drug-likeness (QED) is 0.418. The number of nitrogens with zero attached hydrogens (tertiary/aromatic N) is 3. The normalized spacial score (nSPS) is 10.7. The van der Waals surface area contributed by atoms with Gasteiger partial charge in [-0.05, 0) is 20.8 Å². The molecule has 9 heteroatoms. The third-order valence-electron chi connectivity index (χ3n) is 2.77. The fourth-order valence-corrected chi connectivity index (χ4v) is 1.81. The lowest BCUT2D eigenvalue weighted by Gasteiger charge is -2.12. The monoisotopic (exact) mass is 299 g/mol. The van der Waals surface area contributed by atoms with Crippen LogP contribution < -0.4 is 10.6 Å². The van der Waals surface area contributed by atoms with E-state index in [1.165, 1.54) is 11.8 Å². The van der Waals surface area contributed by atoms with Gasteiger partial charge in [-0.25, -0.2) is 4.68 Å². The maximum Gasteiger partial charge on any atom is 0.333 e. The fraction of sp³-hybridized carbons (Fsp3) is 0.667. The Balaban J connectivity index is 2.81. The van der Waals surface area contributed by atoms with Gasteiger partial charge >= 0.3 is 5.69 Å². The Labute approximate surface area is 122 Å². The molecule has 0 saturated carbocycles. The van der Waals surface area contributed by atoms with Crippen LogP contribution >= 0.6 is 0 Å². The zero-order valence-corrected chi connectivity index (χ0v) is 12.7. The number of rotatable bonds is 8.